The third kappa shape index (κ3) is 6.50. The molecule has 0 saturated carbocycles. The molecule has 2 unspecified atom stereocenters. The second kappa shape index (κ2) is 11.9. The molecule has 40 heavy (non-hydrogen) atoms. The third-order valence-corrected chi connectivity index (χ3v) is 9.98. The fourth-order valence-electron chi connectivity index (χ4n) is 5.98. The van der Waals surface area contributed by atoms with E-state index in [-0.39, 0.29) is 24.2 Å². The molecule has 3 aromatic rings. The number of carboxylic acids is 1. The highest BCUT2D eigenvalue weighted by Crippen LogP contribution is 2.45. The van der Waals surface area contributed by atoms with Gasteiger partial charge in [0.15, 0.2) is 0 Å². The van der Waals surface area contributed by atoms with Gasteiger partial charge in [-0.05, 0) is 103 Å². The van der Waals surface area contributed by atoms with Gasteiger partial charge >= 0.3 is 5.97 Å². The third-order valence-electron chi connectivity index (χ3n) is 7.72. The summed E-state index contributed by atoms with van der Waals surface area (Å²) in [7, 11) is -2.99. The van der Waals surface area contributed by atoms with Crippen molar-refractivity contribution in [1.82, 2.24) is 0 Å². The van der Waals surface area contributed by atoms with Gasteiger partial charge in [0.25, 0.3) is 0 Å². The minimum atomic E-state index is -2.99. The van der Waals surface area contributed by atoms with Gasteiger partial charge in [-0.2, -0.15) is 0 Å². The van der Waals surface area contributed by atoms with Gasteiger partial charge in [0, 0.05) is 22.8 Å². The molecule has 0 radical (unpaired) electrons. The number of sulfone groups is 1. The largest absolute Gasteiger partial charge is 0.494 e. The van der Waals surface area contributed by atoms with Crippen molar-refractivity contribution in [2.24, 2.45) is 0 Å². The van der Waals surface area contributed by atoms with E-state index in [1.54, 1.807) is 11.8 Å². The predicted molar refractivity (Wildman–Crippen MR) is 160 cm³/mol. The topological polar surface area (TPSA) is 89.9 Å². The Kier molecular flexibility index (Phi) is 8.47. The molecule has 6 nitrogen and oxygen atoms in total. The Morgan fingerprint density at radius 1 is 1.05 bits per heavy atom. The fraction of sp³-hybridized carbons (Fsp3) is 0.406. The Morgan fingerprint density at radius 3 is 2.55 bits per heavy atom. The number of aliphatic carboxylic acids is 1. The molecule has 0 bridgehead atoms. The van der Waals surface area contributed by atoms with Crippen LogP contribution in [0.5, 0.6) is 11.5 Å². The SMILES string of the molecule is Cc1cc(OCCCS(C)(=O)=O)cc(C)c1-c1cccc2c1CCCC2Oc1ccc2c(c1)SCC2CC(=O)O. The number of carbonyl (C=O) groups is 1. The maximum absolute atomic E-state index is 11.4. The molecule has 1 heterocycles. The summed E-state index contributed by atoms with van der Waals surface area (Å²) in [6.45, 7) is 4.57. The van der Waals surface area contributed by atoms with E-state index < -0.39 is 15.8 Å². The van der Waals surface area contributed by atoms with Gasteiger partial charge in [-0.25, -0.2) is 8.42 Å². The van der Waals surface area contributed by atoms with Crippen LogP contribution in [0.1, 0.15) is 65.5 Å². The number of thioether (sulfide) groups is 1. The van der Waals surface area contributed by atoms with E-state index in [9.17, 15) is 18.3 Å². The first kappa shape index (κ1) is 28.6. The Hall–Kier alpha value is -2.97. The Bertz CT molecular complexity index is 1510. The van der Waals surface area contributed by atoms with E-state index in [0.717, 1.165) is 58.1 Å². The number of ether oxygens (including phenoxy) is 2. The monoisotopic (exact) mass is 580 g/mol. The lowest BCUT2D eigenvalue weighted by Crippen LogP contribution is -2.16. The summed E-state index contributed by atoms with van der Waals surface area (Å²) in [6, 6.07) is 16.7. The highest BCUT2D eigenvalue weighted by molar-refractivity contribution is 7.99. The van der Waals surface area contributed by atoms with Crippen LogP contribution < -0.4 is 9.47 Å². The van der Waals surface area contributed by atoms with E-state index in [2.05, 4.69) is 38.1 Å². The van der Waals surface area contributed by atoms with E-state index in [1.807, 2.05) is 24.3 Å². The van der Waals surface area contributed by atoms with Gasteiger partial charge < -0.3 is 14.6 Å². The van der Waals surface area contributed by atoms with Gasteiger partial charge in [-0.15, -0.1) is 11.8 Å². The lowest BCUT2D eigenvalue weighted by atomic mass is 9.82. The van der Waals surface area contributed by atoms with Crippen molar-refractivity contribution in [3.63, 3.8) is 0 Å². The van der Waals surface area contributed by atoms with Crippen LogP contribution in [0.4, 0.5) is 0 Å². The van der Waals surface area contributed by atoms with Crippen LogP contribution in [-0.2, 0) is 21.1 Å². The predicted octanol–water partition coefficient (Wildman–Crippen LogP) is 6.90. The highest BCUT2D eigenvalue weighted by atomic mass is 32.2. The van der Waals surface area contributed by atoms with Gasteiger partial charge in [0.05, 0.1) is 18.8 Å². The molecular weight excluding hydrogens is 544 g/mol. The normalized spacial score (nSPS) is 18.2. The molecule has 2 atom stereocenters. The van der Waals surface area contributed by atoms with E-state index >= 15 is 0 Å². The number of aryl methyl sites for hydroxylation is 2. The molecule has 1 N–H and O–H groups in total. The summed E-state index contributed by atoms with van der Waals surface area (Å²) >= 11 is 1.71. The summed E-state index contributed by atoms with van der Waals surface area (Å²) in [5, 5.41) is 9.23. The maximum Gasteiger partial charge on any atom is 0.303 e. The standard InChI is InChI=1S/C32H36O6S2/c1-20-15-24(37-13-6-14-40(3,35)36)16-21(2)32(20)28-9-4-8-27-26(28)7-5-10-29(27)38-23-11-12-25-22(17-31(33)34)19-39-30(25)18-23/h4,8-9,11-12,15-16,18,22,29H,5-7,10,13-14,17,19H2,1-3H3,(H,33,34). The first-order chi connectivity index (χ1) is 19.1. The van der Waals surface area contributed by atoms with Crippen LogP contribution in [0.25, 0.3) is 11.1 Å². The van der Waals surface area contributed by atoms with Crippen LogP contribution in [0.2, 0.25) is 0 Å². The Labute approximate surface area is 241 Å². The summed E-state index contributed by atoms with van der Waals surface area (Å²) in [5.74, 6) is 1.81. The van der Waals surface area contributed by atoms with Gasteiger partial charge in [-0.1, -0.05) is 24.3 Å². The van der Waals surface area contributed by atoms with Gasteiger partial charge in [0.1, 0.15) is 27.4 Å². The first-order valence-electron chi connectivity index (χ1n) is 13.8. The van der Waals surface area contributed by atoms with Crippen molar-refractivity contribution in [1.29, 1.82) is 0 Å². The zero-order valence-electron chi connectivity index (χ0n) is 23.2. The lowest BCUT2D eigenvalue weighted by Gasteiger charge is -2.29. The molecule has 3 aromatic carbocycles. The summed E-state index contributed by atoms with van der Waals surface area (Å²) in [6.07, 6.45) is 4.81. The minimum absolute atomic E-state index is 0.0407. The number of hydrogen-bond acceptors (Lipinski definition) is 6. The quantitative estimate of drug-likeness (QED) is 0.261. The Balaban J connectivity index is 1.36. The Morgan fingerprint density at radius 2 is 1.82 bits per heavy atom. The van der Waals surface area contributed by atoms with Gasteiger partial charge in [0.2, 0.25) is 0 Å². The second-order valence-electron chi connectivity index (χ2n) is 10.9. The molecule has 1 aliphatic heterocycles. The molecule has 5 rings (SSSR count). The number of hydrogen-bond donors (Lipinski definition) is 1. The summed E-state index contributed by atoms with van der Waals surface area (Å²) in [5.41, 5.74) is 8.34. The smallest absolute Gasteiger partial charge is 0.303 e. The molecule has 0 spiro atoms. The number of carboxylic acid groups (broad SMARTS) is 1. The van der Waals surface area contributed by atoms with Crippen LogP contribution in [0, 0.1) is 13.8 Å². The average Bonchev–Trinajstić information content (AvgIpc) is 3.27. The van der Waals surface area contributed by atoms with Crippen LogP contribution >= 0.6 is 11.8 Å². The second-order valence-corrected chi connectivity index (χ2v) is 14.3. The highest BCUT2D eigenvalue weighted by Gasteiger charge is 2.28. The van der Waals surface area contributed by atoms with Crippen molar-refractivity contribution in [3.8, 4) is 22.6 Å². The molecule has 0 amide bonds. The molecule has 0 saturated heterocycles. The number of rotatable bonds is 10. The van der Waals surface area contributed by atoms with Crippen LogP contribution in [0.3, 0.4) is 0 Å². The average molecular weight is 581 g/mol. The van der Waals surface area contributed by atoms with Crippen LogP contribution in [-0.4, -0.2) is 43.9 Å². The molecule has 8 heteroatoms. The maximum atomic E-state index is 11.4. The van der Waals surface area contributed by atoms with Crippen molar-refractivity contribution in [2.75, 3.05) is 24.4 Å². The van der Waals surface area contributed by atoms with Crippen molar-refractivity contribution >= 4 is 27.6 Å². The molecule has 212 valence electrons. The zero-order valence-corrected chi connectivity index (χ0v) is 24.9. The fourth-order valence-corrected chi connectivity index (χ4v) is 7.90. The van der Waals surface area contributed by atoms with E-state index in [0.29, 0.717) is 13.0 Å². The summed E-state index contributed by atoms with van der Waals surface area (Å²) in [4.78, 5) is 12.3. The van der Waals surface area contributed by atoms with Crippen molar-refractivity contribution < 1.29 is 27.8 Å². The first-order valence-corrected chi connectivity index (χ1v) is 16.8. The number of fused-ring (bicyclic) bond motifs is 2. The molecule has 1 aliphatic carbocycles. The number of benzene rings is 3. The molecule has 2 aliphatic rings. The lowest BCUT2D eigenvalue weighted by molar-refractivity contribution is -0.137. The molecule has 0 fully saturated rings. The molecule has 0 aromatic heterocycles. The summed E-state index contributed by atoms with van der Waals surface area (Å²) < 4.78 is 35.3. The van der Waals surface area contributed by atoms with Gasteiger partial charge in [-0.3, -0.25) is 4.79 Å². The zero-order chi connectivity index (χ0) is 28.4. The van der Waals surface area contributed by atoms with Crippen molar-refractivity contribution in [3.05, 3.63) is 76.3 Å². The van der Waals surface area contributed by atoms with E-state index in [4.69, 9.17) is 9.47 Å². The van der Waals surface area contributed by atoms with Crippen LogP contribution in [0.15, 0.2) is 53.4 Å². The minimum Gasteiger partial charge on any atom is -0.494 e. The van der Waals surface area contributed by atoms with Crippen molar-refractivity contribution in [2.45, 2.75) is 62.9 Å². The van der Waals surface area contributed by atoms with E-state index in [1.165, 1.54) is 28.5 Å². The molecular formula is C32H36O6S2.